The first-order valence-corrected chi connectivity index (χ1v) is 11.2. The van der Waals surface area contributed by atoms with Crippen LogP contribution in [0.1, 0.15) is 19.8 Å². The highest BCUT2D eigenvalue weighted by Crippen LogP contribution is 2.30. The summed E-state index contributed by atoms with van der Waals surface area (Å²) in [7, 11) is 0. The maximum absolute atomic E-state index is 12.4. The van der Waals surface area contributed by atoms with E-state index in [-0.39, 0.29) is 11.9 Å². The second kappa shape index (κ2) is 7.72. The zero-order valence-corrected chi connectivity index (χ0v) is 17.4. The molecule has 1 amide bonds. The molecule has 3 aromatic rings. The first-order valence-electron chi connectivity index (χ1n) is 10.3. The number of piperazine rings is 1. The highest BCUT2D eigenvalue weighted by Gasteiger charge is 2.30. The second-order valence-corrected chi connectivity index (χ2v) is 8.79. The summed E-state index contributed by atoms with van der Waals surface area (Å²) in [5.41, 5.74) is 0.973. The highest BCUT2D eigenvalue weighted by atomic mass is 32.1. The van der Waals surface area contributed by atoms with Crippen molar-refractivity contribution in [2.24, 2.45) is 0 Å². The van der Waals surface area contributed by atoms with Crippen LogP contribution in [-0.2, 0) is 4.79 Å². The molecule has 5 rings (SSSR count). The number of carbonyl (C=O) groups excluding carboxylic acids is 1. The summed E-state index contributed by atoms with van der Waals surface area (Å²) in [6.45, 7) is 5.43. The van der Waals surface area contributed by atoms with E-state index in [4.69, 9.17) is 9.97 Å². The summed E-state index contributed by atoms with van der Waals surface area (Å²) < 4.78 is 0. The zero-order valence-electron chi connectivity index (χ0n) is 16.5. The lowest BCUT2D eigenvalue weighted by atomic mass is 10.1. The van der Waals surface area contributed by atoms with E-state index in [9.17, 15) is 4.79 Å². The fourth-order valence-electron chi connectivity index (χ4n) is 3.85. The molecule has 2 aromatic heterocycles. The van der Waals surface area contributed by atoms with Gasteiger partial charge in [0.1, 0.15) is 5.82 Å². The molecule has 0 spiro atoms. The predicted octanol–water partition coefficient (Wildman–Crippen LogP) is 3.15. The van der Waals surface area contributed by atoms with Crippen LogP contribution in [0.2, 0.25) is 0 Å². The number of carbonyl (C=O) groups is 1. The Balaban J connectivity index is 1.36. The van der Waals surface area contributed by atoms with Gasteiger partial charge in [-0.05, 0) is 43.3 Å². The minimum atomic E-state index is -0.0819. The molecule has 7 heteroatoms. The van der Waals surface area contributed by atoms with Gasteiger partial charge < -0.3 is 10.2 Å². The Morgan fingerprint density at radius 3 is 2.62 bits per heavy atom. The number of nitrogens with one attached hydrogen (secondary N) is 1. The van der Waals surface area contributed by atoms with Crippen molar-refractivity contribution in [1.82, 2.24) is 20.2 Å². The number of hydrogen-bond acceptors (Lipinski definition) is 6. The van der Waals surface area contributed by atoms with Crippen molar-refractivity contribution < 1.29 is 4.79 Å². The van der Waals surface area contributed by atoms with Gasteiger partial charge in [-0.2, -0.15) is 0 Å². The van der Waals surface area contributed by atoms with Gasteiger partial charge in [0.25, 0.3) is 0 Å². The van der Waals surface area contributed by atoms with Crippen molar-refractivity contribution >= 4 is 34.0 Å². The van der Waals surface area contributed by atoms with E-state index in [0.29, 0.717) is 6.04 Å². The monoisotopic (exact) mass is 407 g/mol. The van der Waals surface area contributed by atoms with Gasteiger partial charge >= 0.3 is 0 Å². The largest absolute Gasteiger partial charge is 0.353 e. The third kappa shape index (κ3) is 3.84. The Morgan fingerprint density at radius 2 is 1.90 bits per heavy atom. The summed E-state index contributed by atoms with van der Waals surface area (Å²) in [5.74, 6) is 1.94. The number of benzene rings is 1. The smallest absolute Gasteiger partial charge is 0.237 e. The molecule has 0 radical (unpaired) electrons. The molecule has 1 N–H and O–H groups in total. The topological polar surface area (TPSA) is 61.4 Å². The molecule has 6 nitrogen and oxygen atoms in total. The van der Waals surface area contributed by atoms with Crippen molar-refractivity contribution in [2.75, 3.05) is 31.1 Å². The Morgan fingerprint density at radius 1 is 1.10 bits per heavy atom. The molecule has 2 fully saturated rings. The average molecular weight is 408 g/mol. The molecular weight excluding hydrogens is 382 g/mol. The van der Waals surface area contributed by atoms with Gasteiger partial charge in [-0.15, -0.1) is 11.3 Å². The van der Waals surface area contributed by atoms with Crippen molar-refractivity contribution in [3.8, 4) is 10.7 Å². The van der Waals surface area contributed by atoms with Crippen molar-refractivity contribution in [3.05, 3.63) is 41.8 Å². The highest BCUT2D eigenvalue weighted by molar-refractivity contribution is 7.13. The Hall–Kier alpha value is -2.51. The van der Waals surface area contributed by atoms with Gasteiger partial charge in [-0.25, -0.2) is 9.97 Å². The Kier molecular flexibility index (Phi) is 4.93. The van der Waals surface area contributed by atoms with E-state index in [1.165, 1.54) is 0 Å². The molecule has 150 valence electrons. The van der Waals surface area contributed by atoms with E-state index in [1.807, 2.05) is 25.1 Å². The number of aromatic nitrogens is 2. The van der Waals surface area contributed by atoms with E-state index < -0.39 is 0 Å². The SMILES string of the molecule is CC(C(=O)NC1CC1)N1CCN(c2nc(-c3cccs3)nc3ccccc23)CC1. The number of anilines is 1. The van der Waals surface area contributed by atoms with Crippen molar-refractivity contribution in [3.63, 3.8) is 0 Å². The summed E-state index contributed by atoms with van der Waals surface area (Å²) in [5, 5.41) is 6.27. The van der Waals surface area contributed by atoms with Crippen LogP contribution in [0.4, 0.5) is 5.82 Å². The van der Waals surface area contributed by atoms with E-state index >= 15 is 0 Å². The van der Waals surface area contributed by atoms with Crippen LogP contribution in [0.5, 0.6) is 0 Å². The van der Waals surface area contributed by atoms with E-state index in [0.717, 1.165) is 66.4 Å². The molecule has 1 aromatic carbocycles. The first kappa shape index (κ1) is 18.5. The lowest BCUT2D eigenvalue weighted by Crippen LogP contribution is -2.54. The first-order chi connectivity index (χ1) is 14.2. The van der Waals surface area contributed by atoms with Crippen LogP contribution in [0.15, 0.2) is 41.8 Å². The van der Waals surface area contributed by atoms with Gasteiger partial charge in [0.15, 0.2) is 5.82 Å². The van der Waals surface area contributed by atoms with Crippen molar-refractivity contribution in [2.45, 2.75) is 31.8 Å². The molecule has 1 aliphatic heterocycles. The van der Waals surface area contributed by atoms with Crippen LogP contribution in [0.3, 0.4) is 0 Å². The minimum absolute atomic E-state index is 0.0819. The second-order valence-electron chi connectivity index (χ2n) is 7.85. The maximum atomic E-state index is 12.4. The van der Waals surface area contributed by atoms with Crippen LogP contribution < -0.4 is 10.2 Å². The summed E-state index contributed by atoms with van der Waals surface area (Å²) in [6.07, 6.45) is 2.25. The lowest BCUT2D eigenvalue weighted by Gasteiger charge is -2.38. The number of nitrogens with zero attached hydrogens (tertiary/aromatic N) is 4. The van der Waals surface area contributed by atoms with Crippen LogP contribution >= 0.6 is 11.3 Å². The summed E-state index contributed by atoms with van der Waals surface area (Å²) >= 11 is 1.66. The van der Waals surface area contributed by atoms with Gasteiger partial charge in [-0.3, -0.25) is 9.69 Å². The summed E-state index contributed by atoms with van der Waals surface area (Å²) in [6, 6.07) is 12.6. The normalized spacial score (nSPS) is 18.7. The number of para-hydroxylation sites is 1. The summed E-state index contributed by atoms with van der Waals surface area (Å²) in [4.78, 5) is 27.8. The number of fused-ring (bicyclic) bond motifs is 1. The quantitative estimate of drug-likeness (QED) is 0.704. The molecular formula is C22H25N5OS. The van der Waals surface area contributed by atoms with Crippen molar-refractivity contribution in [1.29, 1.82) is 0 Å². The Bertz CT molecular complexity index is 1010. The van der Waals surface area contributed by atoms with E-state index in [2.05, 4.69) is 38.7 Å². The number of rotatable bonds is 5. The molecule has 1 atom stereocenters. The van der Waals surface area contributed by atoms with Crippen LogP contribution in [0, 0.1) is 0 Å². The fourth-order valence-corrected chi connectivity index (χ4v) is 4.51. The predicted molar refractivity (Wildman–Crippen MR) is 117 cm³/mol. The van der Waals surface area contributed by atoms with Gasteiger partial charge in [0, 0.05) is 37.6 Å². The lowest BCUT2D eigenvalue weighted by molar-refractivity contribution is -0.126. The van der Waals surface area contributed by atoms with Gasteiger partial charge in [-0.1, -0.05) is 18.2 Å². The average Bonchev–Trinajstić information content (AvgIpc) is 3.40. The minimum Gasteiger partial charge on any atom is -0.353 e. The van der Waals surface area contributed by atoms with Gasteiger partial charge in [0.2, 0.25) is 5.91 Å². The van der Waals surface area contributed by atoms with Crippen LogP contribution in [-0.4, -0.2) is 59.0 Å². The van der Waals surface area contributed by atoms with Gasteiger partial charge in [0.05, 0.1) is 16.4 Å². The number of thiophene rings is 1. The molecule has 1 saturated carbocycles. The molecule has 0 bridgehead atoms. The number of amides is 1. The molecule has 29 heavy (non-hydrogen) atoms. The van der Waals surface area contributed by atoms with E-state index in [1.54, 1.807) is 11.3 Å². The molecule has 1 aliphatic carbocycles. The Labute approximate surface area is 174 Å². The molecule has 2 aliphatic rings. The maximum Gasteiger partial charge on any atom is 0.237 e. The third-order valence-corrected chi connectivity index (χ3v) is 6.66. The zero-order chi connectivity index (χ0) is 19.8. The standard InChI is InChI=1S/C22H25N5OS/c1-15(22(28)23-16-8-9-16)26-10-12-27(13-11-26)21-17-5-2-3-6-18(17)24-20(25-21)19-7-4-14-29-19/h2-7,14-16H,8-13H2,1H3,(H,23,28). The molecule has 1 saturated heterocycles. The molecule has 3 heterocycles. The van der Waals surface area contributed by atoms with Crippen LogP contribution in [0.25, 0.3) is 21.6 Å². The molecule has 1 unspecified atom stereocenters. The fraction of sp³-hybridized carbons (Fsp3) is 0.409. The number of hydrogen-bond donors (Lipinski definition) is 1. The third-order valence-electron chi connectivity index (χ3n) is 5.79.